The minimum absolute atomic E-state index is 0.291. The summed E-state index contributed by atoms with van der Waals surface area (Å²) in [7, 11) is 0. The molecule has 1 amide bonds. The van der Waals surface area contributed by atoms with Gasteiger partial charge in [0.05, 0.1) is 10.5 Å². The Hall–Kier alpha value is -1.49. The largest absolute Gasteiger partial charge is 0.391 e. The van der Waals surface area contributed by atoms with Crippen LogP contribution in [0.15, 0.2) is 24.3 Å². The molecular weight excluding hydrogens is 275 g/mol. The van der Waals surface area contributed by atoms with Crippen LogP contribution in [0.5, 0.6) is 0 Å². The molecule has 1 aliphatic rings. The maximum absolute atomic E-state index is 13.2. The van der Waals surface area contributed by atoms with Gasteiger partial charge in [-0.05, 0) is 49.8 Å². The van der Waals surface area contributed by atoms with Gasteiger partial charge in [0.1, 0.15) is 5.82 Å². The average Bonchev–Trinajstić information content (AvgIpc) is 2.41. The van der Waals surface area contributed by atoms with E-state index in [0.717, 1.165) is 25.7 Å². The number of halogens is 1. The molecule has 0 saturated heterocycles. The van der Waals surface area contributed by atoms with E-state index in [0.29, 0.717) is 16.5 Å². The van der Waals surface area contributed by atoms with Gasteiger partial charge in [0.2, 0.25) is 0 Å². The predicted molar refractivity (Wildman–Crippen MR) is 81.0 cm³/mol. The van der Waals surface area contributed by atoms with Gasteiger partial charge < -0.3 is 11.1 Å². The number of nitrogens with one attached hydrogen (secondary N) is 1. The number of amides is 1. The first-order valence-electron chi connectivity index (χ1n) is 6.81. The molecule has 0 spiro atoms. The Bertz CT molecular complexity index is 524. The zero-order valence-electron chi connectivity index (χ0n) is 11.5. The van der Waals surface area contributed by atoms with Crippen LogP contribution < -0.4 is 11.1 Å². The lowest BCUT2D eigenvalue weighted by atomic mass is 9.77. The highest BCUT2D eigenvalue weighted by molar-refractivity contribution is 7.80. The topological polar surface area (TPSA) is 55.1 Å². The van der Waals surface area contributed by atoms with Crippen molar-refractivity contribution >= 4 is 23.1 Å². The first-order chi connectivity index (χ1) is 9.43. The molecule has 5 heteroatoms. The van der Waals surface area contributed by atoms with Crippen molar-refractivity contribution in [3.63, 3.8) is 0 Å². The Kier molecular flexibility index (Phi) is 4.38. The lowest BCUT2D eigenvalue weighted by molar-refractivity contribution is 0.0900. The molecule has 0 radical (unpaired) electrons. The average molecular weight is 294 g/mol. The summed E-state index contributed by atoms with van der Waals surface area (Å²) in [5, 5.41) is 2.92. The molecule has 0 aliphatic heterocycles. The second-order valence-electron chi connectivity index (χ2n) is 5.59. The van der Waals surface area contributed by atoms with Crippen LogP contribution in [-0.4, -0.2) is 16.4 Å². The van der Waals surface area contributed by atoms with E-state index in [4.69, 9.17) is 18.0 Å². The monoisotopic (exact) mass is 294 g/mol. The quantitative estimate of drug-likeness (QED) is 0.843. The van der Waals surface area contributed by atoms with Crippen LogP contribution in [0.1, 0.15) is 43.0 Å². The van der Waals surface area contributed by atoms with Crippen LogP contribution in [0.25, 0.3) is 0 Å². The van der Waals surface area contributed by atoms with E-state index in [2.05, 4.69) is 12.2 Å². The number of nitrogens with two attached hydrogens (primary N) is 1. The smallest absolute Gasteiger partial charge is 0.252 e. The Labute approximate surface area is 123 Å². The minimum atomic E-state index is -0.634. The van der Waals surface area contributed by atoms with Gasteiger partial charge in [0.15, 0.2) is 0 Å². The number of hydrogen-bond donors (Lipinski definition) is 2. The zero-order chi connectivity index (χ0) is 14.8. The maximum atomic E-state index is 13.2. The zero-order valence-corrected chi connectivity index (χ0v) is 12.3. The van der Waals surface area contributed by atoms with Crippen molar-refractivity contribution in [1.82, 2.24) is 5.32 Å². The second-order valence-corrected chi connectivity index (χ2v) is 6.03. The van der Waals surface area contributed by atoms with Gasteiger partial charge in [-0.2, -0.15) is 0 Å². The molecule has 0 atom stereocenters. The Morgan fingerprint density at radius 3 is 2.65 bits per heavy atom. The molecule has 1 fully saturated rings. The van der Waals surface area contributed by atoms with E-state index >= 15 is 0 Å². The van der Waals surface area contributed by atoms with Crippen molar-refractivity contribution in [3.05, 3.63) is 35.6 Å². The fourth-order valence-corrected chi connectivity index (χ4v) is 2.86. The van der Waals surface area contributed by atoms with E-state index in [1.807, 2.05) is 0 Å². The Morgan fingerprint density at radius 2 is 2.10 bits per heavy atom. The van der Waals surface area contributed by atoms with Crippen LogP contribution in [0.4, 0.5) is 4.39 Å². The number of thiocarbonyl (C=S) groups is 1. The summed E-state index contributed by atoms with van der Waals surface area (Å²) in [5.41, 5.74) is 5.50. The summed E-state index contributed by atoms with van der Waals surface area (Å²) in [4.78, 5) is 12.6. The van der Waals surface area contributed by atoms with Crippen LogP contribution >= 0.6 is 12.2 Å². The molecule has 1 aliphatic carbocycles. The van der Waals surface area contributed by atoms with E-state index in [-0.39, 0.29) is 5.91 Å². The van der Waals surface area contributed by atoms with Crippen molar-refractivity contribution in [2.75, 3.05) is 0 Å². The van der Waals surface area contributed by atoms with Crippen LogP contribution in [0.2, 0.25) is 0 Å². The first-order valence-corrected chi connectivity index (χ1v) is 7.22. The molecule has 20 heavy (non-hydrogen) atoms. The molecule has 1 saturated carbocycles. The van der Waals surface area contributed by atoms with E-state index in [9.17, 15) is 9.18 Å². The number of benzene rings is 1. The van der Waals surface area contributed by atoms with Gasteiger partial charge in [-0.3, -0.25) is 4.79 Å². The third kappa shape index (κ3) is 3.15. The predicted octanol–water partition coefficient (Wildman–Crippen LogP) is 2.79. The molecule has 2 rings (SSSR count). The Balaban J connectivity index is 2.17. The molecule has 3 nitrogen and oxygen atoms in total. The summed E-state index contributed by atoms with van der Waals surface area (Å²) in [6.45, 7) is 2.18. The molecule has 0 bridgehead atoms. The van der Waals surface area contributed by atoms with Crippen molar-refractivity contribution < 1.29 is 9.18 Å². The highest BCUT2D eigenvalue weighted by Crippen LogP contribution is 2.32. The van der Waals surface area contributed by atoms with Crippen molar-refractivity contribution in [2.24, 2.45) is 11.7 Å². The van der Waals surface area contributed by atoms with E-state index in [1.165, 1.54) is 18.2 Å². The van der Waals surface area contributed by atoms with E-state index in [1.54, 1.807) is 6.07 Å². The second kappa shape index (κ2) is 5.87. The van der Waals surface area contributed by atoms with Gasteiger partial charge >= 0.3 is 0 Å². The van der Waals surface area contributed by atoms with Crippen molar-refractivity contribution in [3.8, 4) is 0 Å². The fourth-order valence-electron chi connectivity index (χ4n) is 2.61. The van der Waals surface area contributed by atoms with Crippen molar-refractivity contribution in [1.29, 1.82) is 0 Å². The van der Waals surface area contributed by atoms with Crippen molar-refractivity contribution in [2.45, 2.75) is 38.1 Å². The normalized spacial score (nSPS) is 26.0. The molecule has 1 aromatic carbocycles. The standard InChI is InChI=1S/C15H19FN2OS/c1-10-5-7-15(8-6-10,14(17)20)18-13(19)11-3-2-4-12(16)9-11/h2-4,9-10H,5-8H2,1H3,(H2,17,20)(H,18,19). The minimum Gasteiger partial charge on any atom is -0.391 e. The van der Waals surface area contributed by atoms with Gasteiger partial charge in [-0.1, -0.05) is 25.2 Å². The number of hydrogen-bond acceptors (Lipinski definition) is 2. The van der Waals surface area contributed by atoms with Gasteiger partial charge in [0, 0.05) is 5.56 Å². The molecule has 0 aromatic heterocycles. The third-order valence-electron chi connectivity index (χ3n) is 4.04. The Morgan fingerprint density at radius 1 is 1.45 bits per heavy atom. The summed E-state index contributed by atoms with van der Waals surface area (Å²) < 4.78 is 13.2. The highest BCUT2D eigenvalue weighted by atomic mass is 32.1. The summed E-state index contributed by atoms with van der Waals surface area (Å²) >= 11 is 5.15. The fraction of sp³-hybridized carbons (Fsp3) is 0.467. The number of carbonyl (C=O) groups excluding carboxylic acids is 1. The SMILES string of the molecule is CC1CCC(NC(=O)c2cccc(F)c2)(C(N)=S)CC1. The molecule has 3 N–H and O–H groups in total. The lowest BCUT2D eigenvalue weighted by Crippen LogP contribution is -2.58. The van der Waals surface area contributed by atoms with Crippen LogP contribution in [0, 0.1) is 11.7 Å². The summed E-state index contributed by atoms with van der Waals surface area (Å²) in [5.74, 6) is -0.144. The van der Waals surface area contributed by atoms with Gasteiger partial charge in [-0.15, -0.1) is 0 Å². The van der Waals surface area contributed by atoms with Crippen LogP contribution in [0.3, 0.4) is 0 Å². The van der Waals surface area contributed by atoms with Crippen LogP contribution in [-0.2, 0) is 0 Å². The molecule has 0 unspecified atom stereocenters. The molecule has 108 valence electrons. The number of carbonyl (C=O) groups is 1. The summed E-state index contributed by atoms with van der Waals surface area (Å²) in [6.07, 6.45) is 3.43. The number of rotatable bonds is 3. The molecule has 0 heterocycles. The van der Waals surface area contributed by atoms with E-state index < -0.39 is 11.4 Å². The highest BCUT2D eigenvalue weighted by Gasteiger charge is 2.38. The maximum Gasteiger partial charge on any atom is 0.252 e. The lowest BCUT2D eigenvalue weighted by Gasteiger charge is -2.39. The first kappa shape index (κ1) is 14.9. The van der Waals surface area contributed by atoms with Gasteiger partial charge in [0.25, 0.3) is 5.91 Å². The summed E-state index contributed by atoms with van der Waals surface area (Å²) in [6, 6.07) is 5.62. The molecular formula is C15H19FN2OS. The third-order valence-corrected chi connectivity index (χ3v) is 4.43. The van der Waals surface area contributed by atoms with Gasteiger partial charge in [-0.25, -0.2) is 4.39 Å². The molecule has 1 aromatic rings.